The van der Waals surface area contributed by atoms with E-state index >= 15 is 0 Å². The van der Waals surface area contributed by atoms with Gasteiger partial charge in [0.15, 0.2) is 0 Å². The summed E-state index contributed by atoms with van der Waals surface area (Å²) >= 11 is 0. The first-order valence-corrected chi connectivity index (χ1v) is 8.75. The third-order valence-electron chi connectivity index (χ3n) is 4.36. The second-order valence-electron chi connectivity index (χ2n) is 5.96. The first-order chi connectivity index (χ1) is 12.2. The van der Waals surface area contributed by atoms with Crippen molar-refractivity contribution in [2.75, 3.05) is 31.1 Å². The number of para-hydroxylation sites is 1. The fourth-order valence-corrected chi connectivity index (χ4v) is 2.78. The summed E-state index contributed by atoms with van der Waals surface area (Å²) in [5, 5.41) is 0. The highest BCUT2D eigenvalue weighted by Crippen LogP contribution is 2.21. The molecule has 0 saturated carbocycles. The number of hydrogen-bond acceptors (Lipinski definition) is 2. The number of rotatable bonds is 4. The molecule has 3 heteroatoms. The van der Waals surface area contributed by atoms with Crippen molar-refractivity contribution in [1.82, 2.24) is 4.90 Å². The monoisotopic (exact) mass is 338 g/mol. The van der Waals surface area contributed by atoms with Gasteiger partial charge in [-0.05, 0) is 24.1 Å². The Hall–Kier alpha value is -2.55. The summed E-state index contributed by atoms with van der Waals surface area (Å²) in [6, 6.07) is 17.0. The summed E-state index contributed by atoms with van der Waals surface area (Å²) in [7, 11) is 0. The smallest absolute Gasteiger partial charge is 0.146 e. The van der Waals surface area contributed by atoms with Crippen molar-refractivity contribution < 1.29 is 4.39 Å². The van der Waals surface area contributed by atoms with Crippen molar-refractivity contribution in [2.45, 2.75) is 13.3 Å². The molecule has 2 nitrogen and oxygen atoms in total. The maximum Gasteiger partial charge on any atom is 0.146 e. The Morgan fingerprint density at radius 1 is 1.00 bits per heavy atom. The van der Waals surface area contributed by atoms with Crippen molar-refractivity contribution in [3.05, 3.63) is 84.8 Å². The van der Waals surface area contributed by atoms with E-state index in [0.717, 1.165) is 32.6 Å². The zero-order valence-corrected chi connectivity index (χ0v) is 15.0. The third-order valence-corrected chi connectivity index (χ3v) is 4.36. The van der Waals surface area contributed by atoms with E-state index in [-0.39, 0.29) is 5.82 Å². The van der Waals surface area contributed by atoms with Crippen LogP contribution in [0.2, 0.25) is 0 Å². The summed E-state index contributed by atoms with van der Waals surface area (Å²) in [4.78, 5) is 4.39. The lowest BCUT2D eigenvalue weighted by Crippen LogP contribution is -2.45. The molecule has 0 N–H and O–H groups in total. The van der Waals surface area contributed by atoms with Gasteiger partial charge in [0.25, 0.3) is 0 Å². The molecule has 0 atom stereocenters. The summed E-state index contributed by atoms with van der Waals surface area (Å²) in [6.07, 6.45) is 2.82. The molecule has 0 amide bonds. The van der Waals surface area contributed by atoms with Crippen LogP contribution in [0.3, 0.4) is 0 Å². The Balaban J connectivity index is 0.000000236. The molecule has 0 unspecified atom stereocenters. The number of anilines is 1. The molecule has 2 aromatic rings. The van der Waals surface area contributed by atoms with Crippen LogP contribution in [0, 0.1) is 5.82 Å². The molecule has 1 aliphatic rings. The van der Waals surface area contributed by atoms with E-state index in [4.69, 9.17) is 0 Å². The van der Waals surface area contributed by atoms with Crippen LogP contribution in [0.25, 0.3) is 6.08 Å². The minimum absolute atomic E-state index is 0.129. The van der Waals surface area contributed by atoms with E-state index in [9.17, 15) is 4.39 Å². The predicted octanol–water partition coefficient (Wildman–Crippen LogP) is 5.20. The first kappa shape index (κ1) is 18.8. The standard InChI is InChI=1S/C14H19FN2.C8H8/c1-3-12(2)16-8-10-17(11-9-16)14-7-5-4-6-13(14)15;1-2-8-6-4-3-5-7-8/h4-7H,2-3,8-11H2,1H3;2-7H,1H2. The van der Waals surface area contributed by atoms with E-state index in [0.29, 0.717) is 5.69 Å². The molecule has 1 saturated heterocycles. The van der Waals surface area contributed by atoms with E-state index in [1.54, 1.807) is 6.07 Å². The second-order valence-corrected chi connectivity index (χ2v) is 5.96. The van der Waals surface area contributed by atoms with Crippen molar-refractivity contribution >= 4 is 11.8 Å². The summed E-state index contributed by atoms with van der Waals surface area (Å²) in [6.45, 7) is 13.4. The summed E-state index contributed by atoms with van der Waals surface area (Å²) in [5.74, 6) is -0.129. The molecule has 1 fully saturated rings. The van der Waals surface area contributed by atoms with E-state index in [1.807, 2.05) is 48.5 Å². The van der Waals surface area contributed by atoms with Crippen LogP contribution in [0.15, 0.2) is 73.5 Å². The highest BCUT2D eigenvalue weighted by atomic mass is 19.1. The lowest BCUT2D eigenvalue weighted by Gasteiger charge is -2.38. The van der Waals surface area contributed by atoms with Gasteiger partial charge in [-0.15, -0.1) is 0 Å². The van der Waals surface area contributed by atoms with Crippen LogP contribution in [0.1, 0.15) is 18.9 Å². The third kappa shape index (κ3) is 5.49. The fraction of sp³-hybridized carbons (Fsp3) is 0.273. The van der Waals surface area contributed by atoms with E-state index in [1.165, 1.54) is 17.3 Å². The van der Waals surface area contributed by atoms with Gasteiger partial charge < -0.3 is 9.80 Å². The zero-order chi connectivity index (χ0) is 18.1. The Morgan fingerprint density at radius 2 is 1.60 bits per heavy atom. The van der Waals surface area contributed by atoms with Crippen LogP contribution < -0.4 is 4.90 Å². The lowest BCUT2D eigenvalue weighted by atomic mass is 10.2. The van der Waals surface area contributed by atoms with Gasteiger partial charge in [0, 0.05) is 31.9 Å². The number of nitrogens with zero attached hydrogens (tertiary/aromatic N) is 2. The van der Waals surface area contributed by atoms with Crippen LogP contribution in [-0.2, 0) is 0 Å². The molecule has 25 heavy (non-hydrogen) atoms. The Labute approximate surface area is 150 Å². The van der Waals surface area contributed by atoms with Gasteiger partial charge in [0.05, 0.1) is 5.69 Å². The summed E-state index contributed by atoms with van der Waals surface area (Å²) in [5.41, 5.74) is 3.07. The highest BCUT2D eigenvalue weighted by Gasteiger charge is 2.19. The minimum Gasteiger partial charge on any atom is -0.372 e. The predicted molar refractivity (Wildman–Crippen MR) is 106 cm³/mol. The minimum atomic E-state index is -0.129. The first-order valence-electron chi connectivity index (χ1n) is 8.75. The van der Waals surface area contributed by atoms with E-state index in [2.05, 4.69) is 29.9 Å². The molecule has 0 bridgehead atoms. The quantitative estimate of drug-likeness (QED) is 0.756. The van der Waals surface area contributed by atoms with Crippen molar-refractivity contribution in [3.63, 3.8) is 0 Å². The molecule has 0 aliphatic carbocycles. The fourth-order valence-electron chi connectivity index (χ4n) is 2.78. The molecule has 2 aromatic carbocycles. The Bertz CT molecular complexity index is 673. The summed E-state index contributed by atoms with van der Waals surface area (Å²) < 4.78 is 13.6. The van der Waals surface area contributed by atoms with Crippen molar-refractivity contribution in [3.8, 4) is 0 Å². The van der Waals surface area contributed by atoms with Gasteiger partial charge >= 0.3 is 0 Å². The number of halogens is 1. The maximum absolute atomic E-state index is 13.6. The molecule has 0 radical (unpaired) electrons. The van der Waals surface area contributed by atoms with Gasteiger partial charge in [-0.3, -0.25) is 0 Å². The number of hydrogen-bond donors (Lipinski definition) is 0. The molecular weight excluding hydrogens is 311 g/mol. The van der Waals surface area contributed by atoms with Gasteiger partial charge in [-0.2, -0.15) is 0 Å². The topological polar surface area (TPSA) is 6.48 Å². The maximum atomic E-state index is 13.6. The average Bonchev–Trinajstić information content (AvgIpc) is 2.69. The van der Waals surface area contributed by atoms with Crippen LogP contribution in [0.5, 0.6) is 0 Å². The van der Waals surface area contributed by atoms with Gasteiger partial charge in [-0.25, -0.2) is 4.39 Å². The van der Waals surface area contributed by atoms with Gasteiger partial charge in [-0.1, -0.05) is 68.6 Å². The molecule has 0 aromatic heterocycles. The lowest BCUT2D eigenvalue weighted by molar-refractivity contribution is 0.314. The van der Waals surface area contributed by atoms with Crippen LogP contribution in [-0.4, -0.2) is 31.1 Å². The number of allylic oxidation sites excluding steroid dienone is 1. The average molecular weight is 338 g/mol. The van der Waals surface area contributed by atoms with Gasteiger partial charge in [0.1, 0.15) is 5.82 Å². The van der Waals surface area contributed by atoms with Crippen LogP contribution in [0.4, 0.5) is 10.1 Å². The Morgan fingerprint density at radius 3 is 2.12 bits per heavy atom. The molecular formula is C22H27FN2. The number of piperazine rings is 1. The largest absolute Gasteiger partial charge is 0.372 e. The van der Waals surface area contributed by atoms with Crippen molar-refractivity contribution in [2.24, 2.45) is 0 Å². The molecule has 1 aliphatic heterocycles. The Kier molecular flexibility index (Phi) is 7.27. The van der Waals surface area contributed by atoms with Crippen molar-refractivity contribution in [1.29, 1.82) is 0 Å². The normalized spacial score (nSPS) is 13.7. The zero-order valence-electron chi connectivity index (χ0n) is 15.0. The molecule has 0 spiro atoms. The molecule has 132 valence electrons. The second kappa shape index (κ2) is 9.67. The number of benzene rings is 2. The van der Waals surface area contributed by atoms with Gasteiger partial charge in [0.2, 0.25) is 0 Å². The molecule has 1 heterocycles. The van der Waals surface area contributed by atoms with Crippen LogP contribution >= 0.6 is 0 Å². The SMILES string of the molecule is C=C(CC)N1CCN(c2ccccc2F)CC1.C=Cc1ccccc1. The highest BCUT2D eigenvalue weighted by molar-refractivity contribution is 5.48. The molecule has 3 rings (SSSR count). The van der Waals surface area contributed by atoms with E-state index < -0.39 is 0 Å².